The Balaban J connectivity index is 1.76. The van der Waals surface area contributed by atoms with Gasteiger partial charge in [-0.1, -0.05) is 25.1 Å². The van der Waals surface area contributed by atoms with Gasteiger partial charge in [0.15, 0.2) is 0 Å². The Morgan fingerprint density at radius 3 is 2.62 bits per heavy atom. The quantitative estimate of drug-likeness (QED) is 0.593. The van der Waals surface area contributed by atoms with Gasteiger partial charge in [0.2, 0.25) is 0 Å². The van der Waals surface area contributed by atoms with Crippen molar-refractivity contribution in [1.29, 1.82) is 0 Å². The Morgan fingerprint density at radius 1 is 1.07 bits per heavy atom. The zero-order chi connectivity index (χ0) is 20.6. The minimum absolute atomic E-state index is 0.160. The zero-order valence-electron chi connectivity index (χ0n) is 15.2. The second kappa shape index (κ2) is 7.16. The van der Waals surface area contributed by atoms with Crippen molar-refractivity contribution in [2.75, 3.05) is 5.01 Å². The Labute approximate surface area is 163 Å². The highest BCUT2D eigenvalue weighted by Crippen LogP contribution is 2.32. The predicted molar refractivity (Wildman–Crippen MR) is 100 cm³/mol. The molecule has 0 radical (unpaired) electrons. The summed E-state index contributed by atoms with van der Waals surface area (Å²) >= 11 is 0. The first-order valence-corrected chi connectivity index (χ1v) is 8.72. The molecule has 0 saturated carbocycles. The summed E-state index contributed by atoms with van der Waals surface area (Å²) in [5, 5.41) is 10.00. The van der Waals surface area contributed by atoms with Gasteiger partial charge < -0.3 is 0 Å². The van der Waals surface area contributed by atoms with Crippen LogP contribution in [0.3, 0.4) is 0 Å². The molecule has 3 heterocycles. The molecule has 1 aromatic carbocycles. The SMILES string of the molecule is CC1C=CN(c2cncc(C(F)(F)F)c2)N=C1c1ccnn1-c1ccccc1F. The molecular weight excluding hydrogens is 386 g/mol. The van der Waals surface area contributed by atoms with Gasteiger partial charge in [0.05, 0.1) is 35.1 Å². The van der Waals surface area contributed by atoms with Gasteiger partial charge >= 0.3 is 6.18 Å². The van der Waals surface area contributed by atoms with Crippen LogP contribution in [0.15, 0.2) is 72.4 Å². The number of hydrogen-bond acceptors (Lipinski definition) is 4. The van der Waals surface area contributed by atoms with Crippen molar-refractivity contribution >= 4 is 11.4 Å². The van der Waals surface area contributed by atoms with Gasteiger partial charge in [-0.3, -0.25) is 4.98 Å². The number of hydrazone groups is 1. The molecule has 9 heteroatoms. The zero-order valence-corrected chi connectivity index (χ0v) is 15.2. The predicted octanol–water partition coefficient (Wildman–Crippen LogP) is 4.80. The number of rotatable bonds is 3. The van der Waals surface area contributed by atoms with Gasteiger partial charge in [-0.25, -0.2) is 14.1 Å². The van der Waals surface area contributed by atoms with E-state index in [1.807, 2.05) is 6.92 Å². The topological polar surface area (TPSA) is 46.3 Å². The largest absolute Gasteiger partial charge is 0.417 e. The van der Waals surface area contributed by atoms with Gasteiger partial charge in [-0.15, -0.1) is 0 Å². The van der Waals surface area contributed by atoms with Crippen molar-refractivity contribution in [2.24, 2.45) is 11.0 Å². The van der Waals surface area contributed by atoms with Gasteiger partial charge in [0.25, 0.3) is 0 Å². The van der Waals surface area contributed by atoms with Crippen molar-refractivity contribution in [2.45, 2.75) is 13.1 Å². The molecule has 0 aliphatic carbocycles. The molecule has 2 aromatic heterocycles. The maximum absolute atomic E-state index is 14.3. The summed E-state index contributed by atoms with van der Waals surface area (Å²) in [5.41, 5.74) is 0.624. The highest BCUT2D eigenvalue weighted by atomic mass is 19.4. The van der Waals surface area contributed by atoms with Crippen molar-refractivity contribution in [3.05, 3.63) is 84.3 Å². The standard InChI is InChI=1S/C20H15F4N5/c1-13-7-9-28(15-10-14(11-25-12-15)20(22,23)24)27-19(13)18-6-8-26-29(18)17-5-3-2-4-16(17)21/h2-13H,1H3. The Hall–Kier alpha value is -3.49. The average Bonchev–Trinajstić information content (AvgIpc) is 3.17. The first-order valence-electron chi connectivity index (χ1n) is 8.72. The van der Waals surface area contributed by atoms with Gasteiger partial charge in [0, 0.05) is 18.3 Å². The number of allylic oxidation sites excluding steroid dienone is 1. The first kappa shape index (κ1) is 18.9. The third kappa shape index (κ3) is 3.63. The van der Waals surface area contributed by atoms with Crippen LogP contribution in [0.5, 0.6) is 0 Å². The van der Waals surface area contributed by atoms with E-state index in [1.165, 1.54) is 28.2 Å². The van der Waals surface area contributed by atoms with E-state index < -0.39 is 17.6 Å². The van der Waals surface area contributed by atoms with E-state index in [-0.39, 0.29) is 17.3 Å². The van der Waals surface area contributed by atoms with Crippen LogP contribution in [0.4, 0.5) is 23.2 Å². The average molecular weight is 401 g/mol. The molecular formula is C20H15F4N5. The van der Waals surface area contributed by atoms with Crippen LogP contribution in [-0.2, 0) is 6.18 Å². The van der Waals surface area contributed by atoms with Crippen LogP contribution in [-0.4, -0.2) is 20.5 Å². The summed E-state index contributed by atoms with van der Waals surface area (Å²) < 4.78 is 54.7. The summed E-state index contributed by atoms with van der Waals surface area (Å²) in [5.74, 6) is -0.608. The summed E-state index contributed by atoms with van der Waals surface area (Å²) in [4.78, 5) is 3.68. The molecule has 1 aliphatic rings. The normalized spacial score (nSPS) is 16.8. The minimum atomic E-state index is -4.51. The number of anilines is 1. The smallest absolute Gasteiger partial charge is 0.262 e. The number of para-hydroxylation sites is 1. The molecule has 0 saturated heterocycles. The van der Waals surface area contributed by atoms with E-state index in [2.05, 4.69) is 15.2 Å². The number of pyridine rings is 1. The fourth-order valence-corrected chi connectivity index (χ4v) is 2.99. The summed E-state index contributed by atoms with van der Waals surface area (Å²) in [6.45, 7) is 1.88. The molecule has 148 valence electrons. The third-order valence-electron chi connectivity index (χ3n) is 4.46. The van der Waals surface area contributed by atoms with Crippen LogP contribution in [0.25, 0.3) is 5.69 Å². The molecule has 5 nitrogen and oxygen atoms in total. The molecule has 29 heavy (non-hydrogen) atoms. The number of hydrogen-bond donors (Lipinski definition) is 0. The van der Waals surface area contributed by atoms with E-state index in [9.17, 15) is 17.6 Å². The summed E-state index contributed by atoms with van der Waals surface area (Å²) in [6.07, 6.45) is 2.44. The van der Waals surface area contributed by atoms with Crippen molar-refractivity contribution < 1.29 is 17.6 Å². The maximum Gasteiger partial charge on any atom is 0.417 e. The lowest BCUT2D eigenvalue weighted by Crippen LogP contribution is -2.25. The third-order valence-corrected chi connectivity index (χ3v) is 4.46. The molecule has 0 bridgehead atoms. The van der Waals surface area contributed by atoms with Gasteiger partial charge in [-0.05, 0) is 24.3 Å². The Bertz CT molecular complexity index is 1100. The van der Waals surface area contributed by atoms with E-state index >= 15 is 0 Å². The lowest BCUT2D eigenvalue weighted by atomic mass is 10.0. The Morgan fingerprint density at radius 2 is 1.86 bits per heavy atom. The highest BCUT2D eigenvalue weighted by Gasteiger charge is 2.32. The number of benzene rings is 1. The van der Waals surface area contributed by atoms with E-state index in [0.29, 0.717) is 11.4 Å². The van der Waals surface area contributed by atoms with Gasteiger partial charge in [-0.2, -0.15) is 23.4 Å². The maximum atomic E-state index is 14.3. The van der Waals surface area contributed by atoms with Crippen LogP contribution in [0, 0.1) is 11.7 Å². The van der Waals surface area contributed by atoms with Crippen molar-refractivity contribution in [1.82, 2.24) is 14.8 Å². The fraction of sp³-hybridized carbons (Fsp3) is 0.150. The molecule has 1 unspecified atom stereocenters. The number of alkyl halides is 3. The van der Waals surface area contributed by atoms with E-state index in [4.69, 9.17) is 0 Å². The van der Waals surface area contributed by atoms with E-state index in [1.54, 1.807) is 36.5 Å². The lowest BCUT2D eigenvalue weighted by molar-refractivity contribution is -0.137. The molecule has 0 amide bonds. The number of aromatic nitrogens is 3. The van der Waals surface area contributed by atoms with Crippen molar-refractivity contribution in [3.63, 3.8) is 0 Å². The summed E-state index contributed by atoms with van der Waals surface area (Å²) in [7, 11) is 0. The van der Waals surface area contributed by atoms with Crippen molar-refractivity contribution in [3.8, 4) is 5.69 Å². The second-order valence-electron chi connectivity index (χ2n) is 6.47. The molecule has 1 atom stereocenters. The van der Waals surface area contributed by atoms with Gasteiger partial charge in [0.1, 0.15) is 11.5 Å². The molecule has 4 rings (SSSR count). The molecule has 3 aromatic rings. The lowest BCUT2D eigenvalue weighted by Gasteiger charge is -2.24. The van der Waals surface area contributed by atoms with Crippen LogP contribution in [0.2, 0.25) is 0 Å². The number of halogens is 4. The molecule has 1 aliphatic heterocycles. The van der Waals surface area contributed by atoms with Crippen LogP contribution in [0.1, 0.15) is 18.2 Å². The molecule has 0 spiro atoms. The highest BCUT2D eigenvalue weighted by molar-refractivity contribution is 6.03. The van der Waals surface area contributed by atoms with E-state index in [0.717, 1.165) is 12.3 Å². The number of nitrogens with zero attached hydrogens (tertiary/aromatic N) is 5. The summed E-state index contributed by atoms with van der Waals surface area (Å²) in [6, 6.07) is 8.84. The molecule has 0 fully saturated rings. The van der Waals surface area contributed by atoms with Crippen LogP contribution < -0.4 is 5.01 Å². The fourth-order valence-electron chi connectivity index (χ4n) is 2.99. The first-order chi connectivity index (χ1) is 13.8. The second-order valence-corrected chi connectivity index (χ2v) is 6.47. The monoisotopic (exact) mass is 401 g/mol. The molecule has 0 N–H and O–H groups in total. The minimum Gasteiger partial charge on any atom is -0.262 e. The van der Waals surface area contributed by atoms with Crippen LogP contribution >= 0.6 is 0 Å². The Kier molecular flexibility index (Phi) is 4.65.